The van der Waals surface area contributed by atoms with E-state index in [0.717, 1.165) is 12.1 Å². The van der Waals surface area contributed by atoms with Crippen LogP contribution in [0, 0.1) is 17.0 Å². The number of nitrogens with one attached hydrogen (secondary N) is 2. The molecule has 1 fully saturated rings. The second-order valence-electron chi connectivity index (χ2n) is 9.79. The van der Waals surface area contributed by atoms with E-state index < -0.39 is 35.2 Å². The molecule has 0 spiro atoms. The number of ether oxygens (including phenoxy) is 1. The molecule has 4 unspecified atom stereocenters. The molecule has 2 heterocycles. The summed E-state index contributed by atoms with van der Waals surface area (Å²) in [4.78, 5) is 41.7. The van der Waals surface area contributed by atoms with Gasteiger partial charge in [0, 0.05) is 25.7 Å². The molecule has 10 heteroatoms. The SMILES string of the molecule is CNC(C)C(=O)NC(C(=O)N1CCC2C1C(Oc1ccc(F)c(F)c1)=CN2C(C)=O)C(C)(C)C. The van der Waals surface area contributed by atoms with Crippen molar-refractivity contribution in [2.24, 2.45) is 5.41 Å². The maximum absolute atomic E-state index is 13.7. The summed E-state index contributed by atoms with van der Waals surface area (Å²) in [6.07, 6.45) is 2.01. The number of amides is 3. The number of likely N-dealkylation sites (N-methyl/N-ethyl adjacent to an activating group) is 1. The van der Waals surface area contributed by atoms with E-state index in [2.05, 4.69) is 10.6 Å². The van der Waals surface area contributed by atoms with Crippen LogP contribution >= 0.6 is 0 Å². The lowest BCUT2D eigenvalue weighted by Gasteiger charge is -2.36. The van der Waals surface area contributed by atoms with Gasteiger partial charge in [0.25, 0.3) is 0 Å². The number of benzene rings is 1. The monoisotopic (exact) mass is 478 g/mol. The third kappa shape index (κ3) is 5.06. The van der Waals surface area contributed by atoms with Gasteiger partial charge in [0.1, 0.15) is 23.6 Å². The highest BCUT2D eigenvalue weighted by molar-refractivity contribution is 5.91. The van der Waals surface area contributed by atoms with Crippen LogP contribution in [0.1, 0.15) is 41.0 Å². The Morgan fingerprint density at radius 3 is 2.41 bits per heavy atom. The van der Waals surface area contributed by atoms with Crippen molar-refractivity contribution in [3.8, 4) is 5.75 Å². The quantitative estimate of drug-likeness (QED) is 0.654. The first-order valence-electron chi connectivity index (χ1n) is 11.3. The van der Waals surface area contributed by atoms with Gasteiger partial charge in [-0.1, -0.05) is 20.8 Å². The van der Waals surface area contributed by atoms with Crippen molar-refractivity contribution in [1.29, 1.82) is 0 Å². The number of likely N-dealkylation sites (tertiary alicyclic amines) is 1. The van der Waals surface area contributed by atoms with Crippen molar-refractivity contribution in [3.63, 3.8) is 0 Å². The summed E-state index contributed by atoms with van der Waals surface area (Å²) in [5.74, 6) is -2.58. The first kappa shape index (κ1) is 25.6. The van der Waals surface area contributed by atoms with Crippen LogP contribution in [-0.4, -0.2) is 65.3 Å². The molecular weight excluding hydrogens is 446 g/mol. The van der Waals surface area contributed by atoms with E-state index in [1.54, 1.807) is 18.9 Å². The molecule has 8 nitrogen and oxygen atoms in total. The van der Waals surface area contributed by atoms with Crippen molar-refractivity contribution in [3.05, 3.63) is 41.8 Å². The largest absolute Gasteiger partial charge is 0.458 e. The summed E-state index contributed by atoms with van der Waals surface area (Å²) in [5, 5.41) is 5.71. The Kier molecular flexibility index (Phi) is 7.30. The molecule has 1 aromatic carbocycles. The van der Waals surface area contributed by atoms with E-state index in [-0.39, 0.29) is 35.3 Å². The van der Waals surface area contributed by atoms with Crippen molar-refractivity contribution < 1.29 is 27.9 Å². The Balaban J connectivity index is 1.91. The molecule has 0 aromatic heterocycles. The molecule has 0 aliphatic carbocycles. The molecule has 2 N–H and O–H groups in total. The highest BCUT2D eigenvalue weighted by Gasteiger charge is 2.50. The predicted molar refractivity (Wildman–Crippen MR) is 121 cm³/mol. The number of carbonyl (C=O) groups is 3. The number of carbonyl (C=O) groups excluding carboxylic acids is 3. The molecule has 186 valence electrons. The summed E-state index contributed by atoms with van der Waals surface area (Å²) in [7, 11) is 1.66. The molecule has 2 aliphatic heterocycles. The molecule has 3 rings (SSSR count). The van der Waals surface area contributed by atoms with E-state index in [9.17, 15) is 23.2 Å². The molecular formula is C24H32F2N4O4. The Labute approximate surface area is 198 Å². The number of fused-ring (bicyclic) bond motifs is 1. The van der Waals surface area contributed by atoms with Crippen LogP contribution in [0.25, 0.3) is 0 Å². The van der Waals surface area contributed by atoms with Crippen LogP contribution in [0.5, 0.6) is 5.75 Å². The minimum absolute atomic E-state index is 0.0529. The summed E-state index contributed by atoms with van der Waals surface area (Å²) in [5.41, 5.74) is -0.595. The minimum Gasteiger partial charge on any atom is -0.458 e. The van der Waals surface area contributed by atoms with Crippen molar-refractivity contribution in [2.45, 2.75) is 65.2 Å². The second-order valence-corrected chi connectivity index (χ2v) is 9.79. The van der Waals surface area contributed by atoms with Gasteiger partial charge in [-0.15, -0.1) is 0 Å². The lowest BCUT2D eigenvalue weighted by molar-refractivity contribution is -0.140. The van der Waals surface area contributed by atoms with Gasteiger partial charge in [-0.2, -0.15) is 0 Å². The molecule has 34 heavy (non-hydrogen) atoms. The zero-order valence-electron chi connectivity index (χ0n) is 20.3. The number of hydrogen-bond acceptors (Lipinski definition) is 5. The van der Waals surface area contributed by atoms with Gasteiger partial charge < -0.3 is 25.2 Å². The van der Waals surface area contributed by atoms with E-state index in [0.29, 0.717) is 13.0 Å². The Hall–Kier alpha value is -3.01. The summed E-state index contributed by atoms with van der Waals surface area (Å²) in [6, 6.07) is 0.860. The number of hydrogen-bond donors (Lipinski definition) is 2. The van der Waals surface area contributed by atoms with E-state index in [1.165, 1.54) is 24.1 Å². The van der Waals surface area contributed by atoms with Crippen LogP contribution in [-0.2, 0) is 14.4 Å². The minimum atomic E-state index is -1.07. The molecule has 1 aromatic rings. The van der Waals surface area contributed by atoms with Crippen LogP contribution in [0.15, 0.2) is 30.2 Å². The van der Waals surface area contributed by atoms with Crippen LogP contribution in [0.4, 0.5) is 8.78 Å². The van der Waals surface area contributed by atoms with Gasteiger partial charge >= 0.3 is 0 Å². The summed E-state index contributed by atoms with van der Waals surface area (Å²) < 4.78 is 33.0. The smallest absolute Gasteiger partial charge is 0.246 e. The maximum Gasteiger partial charge on any atom is 0.246 e. The first-order valence-corrected chi connectivity index (χ1v) is 11.3. The fraction of sp³-hybridized carbons (Fsp3) is 0.542. The van der Waals surface area contributed by atoms with Crippen molar-refractivity contribution in [1.82, 2.24) is 20.4 Å². The molecule has 0 saturated carbocycles. The standard InChI is InChI=1S/C24H32F2N4O4/c1-13(27-6)22(32)28-21(24(3,4)5)23(33)29-10-9-18-20(29)19(12-30(18)14(2)31)34-15-7-8-16(25)17(26)11-15/h7-8,11-13,18,20-21,27H,9-10H2,1-6H3,(H,28,32). The van der Waals surface area contributed by atoms with Gasteiger partial charge in [0.05, 0.1) is 12.1 Å². The lowest BCUT2D eigenvalue weighted by Crippen LogP contribution is -2.59. The Bertz CT molecular complexity index is 1010. The van der Waals surface area contributed by atoms with Crippen molar-refractivity contribution in [2.75, 3.05) is 13.6 Å². The number of nitrogens with zero attached hydrogens (tertiary/aromatic N) is 2. The van der Waals surface area contributed by atoms with Gasteiger partial charge in [-0.3, -0.25) is 14.4 Å². The maximum atomic E-state index is 13.7. The van der Waals surface area contributed by atoms with Crippen LogP contribution in [0.2, 0.25) is 0 Å². The Morgan fingerprint density at radius 2 is 1.85 bits per heavy atom. The van der Waals surface area contributed by atoms with Gasteiger partial charge in [0.15, 0.2) is 11.6 Å². The number of halogens is 2. The van der Waals surface area contributed by atoms with E-state index in [4.69, 9.17) is 4.74 Å². The van der Waals surface area contributed by atoms with Gasteiger partial charge in [0.2, 0.25) is 17.7 Å². The lowest BCUT2D eigenvalue weighted by atomic mass is 9.85. The average molecular weight is 479 g/mol. The topological polar surface area (TPSA) is 91.0 Å². The fourth-order valence-electron chi connectivity index (χ4n) is 4.27. The fourth-order valence-corrected chi connectivity index (χ4v) is 4.27. The third-order valence-electron chi connectivity index (χ3n) is 6.28. The molecule has 3 amide bonds. The normalized spacial score (nSPS) is 21.6. The molecule has 4 atom stereocenters. The Morgan fingerprint density at radius 1 is 1.18 bits per heavy atom. The van der Waals surface area contributed by atoms with Gasteiger partial charge in [-0.05, 0) is 37.9 Å². The molecule has 0 bridgehead atoms. The van der Waals surface area contributed by atoms with Crippen molar-refractivity contribution >= 4 is 17.7 Å². The van der Waals surface area contributed by atoms with Crippen LogP contribution in [0.3, 0.4) is 0 Å². The van der Waals surface area contributed by atoms with E-state index in [1.807, 2.05) is 20.8 Å². The highest BCUT2D eigenvalue weighted by atomic mass is 19.2. The second kappa shape index (κ2) is 9.69. The summed E-state index contributed by atoms with van der Waals surface area (Å²) >= 11 is 0. The molecule has 2 aliphatic rings. The average Bonchev–Trinajstić information content (AvgIpc) is 3.34. The van der Waals surface area contributed by atoms with E-state index >= 15 is 0 Å². The molecule has 1 saturated heterocycles. The third-order valence-corrected chi connectivity index (χ3v) is 6.28. The zero-order chi connectivity index (χ0) is 25.4. The summed E-state index contributed by atoms with van der Waals surface area (Å²) in [6.45, 7) is 9.04. The van der Waals surface area contributed by atoms with Gasteiger partial charge in [-0.25, -0.2) is 8.78 Å². The number of rotatable bonds is 6. The van der Waals surface area contributed by atoms with Crippen LogP contribution < -0.4 is 15.4 Å². The highest BCUT2D eigenvalue weighted by Crippen LogP contribution is 2.37. The first-order chi connectivity index (χ1) is 15.8. The predicted octanol–water partition coefficient (Wildman–Crippen LogP) is 2.16. The zero-order valence-corrected chi connectivity index (χ0v) is 20.3. The molecule has 0 radical (unpaired) electrons.